The molecule has 1 unspecified atom stereocenters. The molecule has 0 bridgehead atoms. The average Bonchev–Trinajstić information content (AvgIpc) is 3.73. The number of ether oxygens (including phenoxy) is 3. The average molecular weight is 656 g/mol. The molecule has 0 saturated carbocycles. The molecule has 0 fully saturated rings. The summed E-state index contributed by atoms with van der Waals surface area (Å²) in [7, 11) is 0. The van der Waals surface area contributed by atoms with Crippen LogP contribution in [0.15, 0.2) is 88.2 Å². The first-order valence-corrected chi connectivity index (χ1v) is 15.8. The van der Waals surface area contributed by atoms with Gasteiger partial charge >= 0.3 is 5.97 Å². The van der Waals surface area contributed by atoms with E-state index in [-0.39, 0.29) is 29.6 Å². The molecule has 0 radical (unpaired) electrons. The summed E-state index contributed by atoms with van der Waals surface area (Å²) in [6, 6.07) is 20.5. The van der Waals surface area contributed by atoms with Gasteiger partial charge in [0.1, 0.15) is 5.82 Å². The van der Waals surface area contributed by atoms with E-state index in [4.69, 9.17) is 30.8 Å². The van der Waals surface area contributed by atoms with Crippen molar-refractivity contribution in [2.75, 3.05) is 13.4 Å². The number of aryl methyl sites for hydroxylation is 1. The lowest BCUT2D eigenvalue weighted by Gasteiger charge is -2.26. The summed E-state index contributed by atoms with van der Waals surface area (Å²) in [5.41, 5.74) is 4.79. The molecule has 7 rings (SSSR count). The van der Waals surface area contributed by atoms with E-state index in [1.807, 2.05) is 67.0 Å². The maximum atomic E-state index is 14.3. The number of thiazole rings is 1. The van der Waals surface area contributed by atoms with Gasteiger partial charge in [-0.15, -0.1) is 0 Å². The predicted molar refractivity (Wildman–Crippen MR) is 174 cm³/mol. The third-order valence-electron chi connectivity index (χ3n) is 8.00. The monoisotopic (exact) mass is 655 g/mol. The zero-order valence-electron chi connectivity index (χ0n) is 25.0. The molecule has 0 N–H and O–H groups in total. The van der Waals surface area contributed by atoms with Gasteiger partial charge in [0.05, 0.1) is 33.5 Å². The molecular formula is C35H27ClFN3O5S. The smallest absolute Gasteiger partial charge is 0.338 e. The molecule has 4 heterocycles. The molecule has 0 amide bonds. The van der Waals surface area contributed by atoms with Crippen LogP contribution in [-0.4, -0.2) is 28.5 Å². The highest BCUT2D eigenvalue weighted by Crippen LogP contribution is 2.40. The fourth-order valence-corrected chi connectivity index (χ4v) is 7.04. The minimum atomic E-state index is -0.855. The Morgan fingerprint density at radius 1 is 1.09 bits per heavy atom. The van der Waals surface area contributed by atoms with Gasteiger partial charge < -0.3 is 18.8 Å². The van der Waals surface area contributed by atoms with Gasteiger partial charge in [-0.05, 0) is 74.4 Å². The molecule has 232 valence electrons. The third-order valence-corrected chi connectivity index (χ3v) is 9.29. The number of carbonyl (C=O) groups excluding carboxylic acids is 1. The van der Waals surface area contributed by atoms with E-state index < -0.39 is 17.8 Å². The van der Waals surface area contributed by atoms with Crippen molar-refractivity contribution in [2.45, 2.75) is 26.8 Å². The highest BCUT2D eigenvalue weighted by atomic mass is 35.5. The lowest BCUT2D eigenvalue weighted by molar-refractivity contribution is -0.138. The van der Waals surface area contributed by atoms with Crippen LogP contribution in [0.1, 0.15) is 41.0 Å². The number of carbonyl (C=O) groups is 1. The van der Waals surface area contributed by atoms with Crippen molar-refractivity contribution in [3.8, 4) is 17.2 Å². The summed E-state index contributed by atoms with van der Waals surface area (Å²) in [4.78, 5) is 33.4. The molecule has 2 aromatic heterocycles. The summed E-state index contributed by atoms with van der Waals surface area (Å²) >= 11 is 7.16. The molecule has 2 aliphatic heterocycles. The second kappa shape index (κ2) is 11.8. The number of hydrogen-bond donors (Lipinski definition) is 0. The number of aromatic nitrogens is 2. The Balaban J connectivity index is 1.46. The van der Waals surface area contributed by atoms with Gasteiger partial charge in [0.15, 0.2) is 16.3 Å². The Morgan fingerprint density at radius 3 is 2.63 bits per heavy atom. The second-order valence-corrected chi connectivity index (χ2v) is 12.2. The largest absolute Gasteiger partial charge is 0.463 e. The maximum Gasteiger partial charge on any atom is 0.338 e. The molecule has 0 saturated heterocycles. The number of benzene rings is 3. The minimum Gasteiger partial charge on any atom is -0.463 e. The number of rotatable bonds is 6. The van der Waals surface area contributed by atoms with E-state index in [1.165, 1.54) is 23.5 Å². The summed E-state index contributed by atoms with van der Waals surface area (Å²) < 4.78 is 35.0. The Kier molecular flexibility index (Phi) is 7.62. The van der Waals surface area contributed by atoms with Gasteiger partial charge in [0.25, 0.3) is 5.56 Å². The molecule has 2 aliphatic rings. The molecule has 0 spiro atoms. The Hall–Kier alpha value is -4.93. The number of fused-ring (bicyclic) bond motifs is 2. The molecule has 11 heteroatoms. The first-order valence-electron chi connectivity index (χ1n) is 14.6. The minimum absolute atomic E-state index is 0.0432. The summed E-state index contributed by atoms with van der Waals surface area (Å²) in [5.74, 6) is 0.0154. The first kappa shape index (κ1) is 29.8. The van der Waals surface area contributed by atoms with E-state index in [0.717, 1.165) is 17.0 Å². The molecule has 3 aromatic carbocycles. The summed E-state index contributed by atoms with van der Waals surface area (Å²) in [5, 5.41) is 0.0432. The fourth-order valence-electron chi connectivity index (χ4n) is 5.94. The molecule has 0 aliphatic carbocycles. The van der Waals surface area contributed by atoms with Crippen LogP contribution in [0, 0.1) is 19.7 Å². The Labute approximate surface area is 271 Å². The number of hydrogen-bond acceptors (Lipinski definition) is 7. The fraction of sp³-hybridized carbons (Fsp3) is 0.171. The summed E-state index contributed by atoms with van der Waals surface area (Å²) in [6.07, 6.45) is 1.81. The number of halogens is 2. The molecular weight excluding hydrogens is 629 g/mol. The van der Waals surface area contributed by atoms with Crippen LogP contribution in [0.25, 0.3) is 17.5 Å². The zero-order valence-corrected chi connectivity index (χ0v) is 26.6. The highest BCUT2D eigenvalue weighted by molar-refractivity contribution is 7.07. The van der Waals surface area contributed by atoms with Crippen molar-refractivity contribution in [1.82, 2.24) is 9.13 Å². The normalized spacial score (nSPS) is 15.6. The van der Waals surface area contributed by atoms with Crippen molar-refractivity contribution in [2.24, 2.45) is 4.99 Å². The van der Waals surface area contributed by atoms with Gasteiger partial charge in [0.2, 0.25) is 6.79 Å². The van der Waals surface area contributed by atoms with Crippen molar-refractivity contribution in [3.05, 3.63) is 137 Å². The van der Waals surface area contributed by atoms with Crippen LogP contribution in [0.2, 0.25) is 5.02 Å². The van der Waals surface area contributed by atoms with E-state index >= 15 is 0 Å². The molecule has 1 atom stereocenters. The third kappa shape index (κ3) is 5.03. The summed E-state index contributed by atoms with van der Waals surface area (Å²) in [6.45, 7) is 5.79. The molecule has 46 heavy (non-hydrogen) atoms. The standard InChI is InChI=1S/C35H27ClFN3O5S/c1-4-43-34(42)30-31(21-8-6-5-7-9-21)38-35-40(32(30)22-10-13-27-28(15-22)45-18-44-27)33(41)29(46-35)16-23-14-19(2)39(20(23)3)24-11-12-25(36)26(37)17-24/h5-17,32H,4,18H2,1-3H3. The van der Waals surface area contributed by atoms with Gasteiger partial charge in [-0.2, -0.15) is 0 Å². The highest BCUT2D eigenvalue weighted by Gasteiger charge is 2.36. The van der Waals surface area contributed by atoms with Crippen molar-refractivity contribution >= 4 is 40.7 Å². The second-order valence-electron chi connectivity index (χ2n) is 10.8. The first-order chi connectivity index (χ1) is 22.2. The quantitative estimate of drug-likeness (QED) is 0.214. The van der Waals surface area contributed by atoms with E-state index in [1.54, 1.807) is 29.7 Å². The molecule has 5 aromatic rings. The van der Waals surface area contributed by atoms with Gasteiger partial charge in [-0.1, -0.05) is 59.3 Å². The van der Waals surface area contributed by atoms with Crippen LogP contribution < -0.4 is 24.4 Å². The number of nitrogens with zero attached hydrogens (tertiary/aromatic N) is 3. The van der Waals surface area contributed by atoms with Crippen molar-refractivity contribution in [1.29, 1.82) is 0 Å². The topological polar surface area (TPSA) is 84.1 Å². The predicted octanol–water partition coefficient (Wildman–Crippen LogP) is 5.86. The Morgan fingerprint density at radius 2 is 1.87 bits per heavy atom. The van der Waals surface area contributed by atoms with Gasteiger partial charge in [-0.25, -0.2) is 14.2 Å². The Bertz CT molecular complexity index is 2250. The SMILES string of the molecule is CCOC(=O)C1=C(c2ccccc2)N=c2sc(=Cc3cc(C)n(-c4ccc(Cl)c(F)c4)c3C)c(=O)n2C1c1ccc2c(c1)OCO2. The number of esters is 1. The maximum absolute atomic E-state index is 14.3. The van der Waals surface area contributed by atoms with Crippen LogP contribution in [0.3, 0.4) is 0 Å². The van der Waals surface area contributed by atoms with E-state index in [2.05, 4.69) is 0 Å². The van der Waals surface area contributed by atoms with Gasteiger partial charge in [0, 0.05) is 22.6 Å². The van der Waals surface area contributed by atoms with Crippen molar-refractivity contribution in [3.63, 3.8) is 0 Å². The van der Waals surface area contributed by atoms with Crippen molar-refractivity contribution < 1.29 is 23.4 Å². The zero-order chi connectivity index (χ0) is 32.1. The van der Waals surface area contributed by atoms with Gasteiger partial charge in [-0.3, -0.25) is 9.36 Å². The van der Waals surface area contributed by atoms with Crippen LogP contribution >= 0.6 is 22.9 Å². The lowest BCUT2D eigenvalue weighted by atomic mass is 9.93. The van der Waals surface area contributed by atoms with Crippen LogP contribution in [-0.2, 0) is 9.53 Å². The lowest BCUT2D eigenvalue weighted by Crippen LogP contribution is -2.40. The van der Waals surface area contributed by atoms with Crippen LogP contribution in [0.4, 0.5) is 4.39 Å². The van der Waals surface area contributed by atoms with E-state index in [9.17, 15) is 14.0 Å². The molecule has 8 nitrogen and oxygen atoms in total. The van der Waals surface area contributed by atoms with Crippen LogP contribution in [0.5, 0.6) is 11.5 Å². The van der Waals surface area contributed by atoms with E-state index in [0.29, 0.717) is 43.3 Å².